The minimum atomic E-state index is -0.882. The molecule has 0 aromatic heterocycles. The van der Waals surface area contributed by atoms with Crippen molar-refractivity contribution in [3.05, 3.63) is 125 Å². The van der Waals surface area contributed by atoms with Crippen LogP contribution in [0.15, 0.2) is 97.1 Å². The molecule has 0 spiro atoms. The largest absolute Gasteiger partial charge is 0.481 e. The molecule has 3 atom stereocenters. The minimum absolute atomic E-state index is 0.0363. The van der Waals surface area contributed by atoms with Gasteiger partial charge < -0.3 is 15.1 Å². The number of benzene rings is 4. The number of halogens is 2. The highest BCUT2D eigenvalue weighted by Crippen LogP contribution is 2.46. The zero-order chi connectivity index (χ0) is 27.5. The third-order valence-electron chi connectivity index (χ3n) is 7.22. The molecule has 5 nitrogen and oxygen atoms in total. The van der Waals surface area contributed by atoms with Crippen LogP contribution >= 0.6 is 0 Å². The fraction of sp³-hybridized carbons (Fsp3) is 0.188. The van der Waals surface area contributed by atoms with Crippen LogP contribution in [0.3, 0.4) is 0 Å². The summed E-state index contributed by atoms with van der Waals surface area (Å²) in [7, 11) is 0. The number of aliphatic carboxylic acids is 1. The van der Waals surface area contributed by atoms with E-state index in [1.165, 1.54) is 36.4 Å². The van der Waals surface area contributed by atoms with Crippen molar-refractivity contribution in [2.45, 2.75) is 31.4 Å². The van der Waals surface area contributed by atoms with Crippen LogP contribution in [-0.4, -0.2) is 22.1 Å². The first-order valence-electron chi connectivity index (χ1n) is 12.7. The lowest BCUT2D eigenvalue weighted by molar-refractivity contribution is -0.136. The van der Waals surface area contributed by atoms with Crippen LogP contribution in [0.1, 0.15) is 41.7 Å². The van der Waals surface area contributed by atoms with Crippen molar-refractivity contribution < 1.29 is 28.6 Å². The van der Waals surface area contributed by atoms with Gasteiger partial charge in [0.2, 0.25) is 5.91 Å². The zero-order valence-electron chi connectivity index (χ0n) is 21.0. The van der Waals surface area contributed by atoms with Crippen LogP contribution < -0.4 is 4.90 Å². The van der Waals surface area contributed by atoms with E-state index in [4.69, 9.17) is 5.11 Å². The minimum Gasteiger partial charge on any atom is -0.481 e. The Bertz CT molecular complexity index is 1450. The molecule has 1 saturated heterocycles. The van der Waals surface area contributed by atoms with Crippen LogP contribution in [0.2, 0.25) is 0 Å². The number of hydrogen-bond donors (Lipinski definition) is 2. The first kappa shape index (κ1) is 26.3. The number of amides is 1. The number of nitrogens with zero attached hydrogens (tertiary/aromatic N) is 1. The Morgan fingerprint density at radius 2 is 1.33 bits per heavy atom. The van der Waals surface area contributed by atoms with E-state index in [2.05, 4.69) is 0 Å². The van der Waals surface area contributed by atoms with E-state index in [-0.39, 0.29) is 35.9 Å². The fourth-order valence-corrected chi connectivity index (χ4v) is 5.15. The van der Waals surface area contributed by atoms with Crippen molar-refractivity contribution in [1.82, 2.24) is 0 Å². The third kappa shape index (κ3) is 5.73. The number of β-lactam (4-membered cyclic amide) rings is 1. The van der Waals surface area contributed by atoms with Crippen molar-refractivity contribution in [3.8, 4) is 11.1 Å². The molecule has 4 aromatic rings. The second-order valence-corrected chi connectivity index (χ2v) is 9.77. The predicted molar refractivity (Wildman–Crippen MR) is 144 cm³/mol. The van der Waals surface area contributed by atoms with Crippen molar-refractivity contribution in [1.29, 1.82) is 0 Å². The van der Waals surface area contributed by atoms with Crippen molar-refractivity contribution >= 4 is 17.6 Å². The summed E-state index contributed by atoms with van der Waals surface area (Å²) >= 11 is 0. The molecule has 1 aliphatic heterocycles. The van der Waals surface area contributed by atoms with Crippen LogP contribution in [0.5, 0.6) is 0 Å². The highest BCUT2D eigenvalue weighted by molar-refractivity contribution is 6.03. The van der Waals surface area contributed by atoms with Gasteiger partial charge in [-0.05, 0) is 77.1 Å². The Hall–Kier alpha value is -4.36. The smallest absolute Gasteiger partial charge is 0.307 e. The number of carboxylic acids is 1. The molecule has 1 fully saturated rings. The Morgan fingerprint density at radius 1 is 0.795 bits per heavy atom. The van der Waals surface area contributed by atoms with Crippen LogP contribution in [0, 0.1) is 17.6 Å². The molecular formula is C32H27F2NO4. The van der Waals surface area contributed by atoms with Crippen LogP contribution in [0.25, 0.3) is 11.1 Å². The summed E-state index contributed by atoms with van der Waals surface area (Å²) in [6, 6.07) is 26.4. The van der Waals surface area contributed by atoms with Gasteiger partial charge in [0.05, 0.1) is 24.5 Å². The van der Waals surface area contributed by atoms with Gasteiger partial charge in [-0.1, -0.05) is 60.7 Å². The molecule has 0 saturated carbocycles. The molecule has 0 radical (unpaired) electrons. The Kier molecular flexibility index (Phi) is 7.52. The molecule has 1 aliphatic rings. The van der Waals surface area contributed by atoms with Gasteiger partial charge in [0.25, 0.3) is 0 Å². The quantitative estimate of drug-likeness (QED) is 0.244. The average molecular weight is 528 g/mol. The first-order valence-corrected chi connectivity index (χ1v) is 12.7. The fourth-order valence-electron chi connectivity index (χ4n) is 5.15. The SMILES string of the molecule is O=C(O)Cc1ccc(-c2ccc([C@@H]3[C@@H](CC[C@H](O)c4ccc(F)cc4)C(=O)N3c3ccc(F)cc3)cc2)cc1. The second-order valence-electron chi connectivity index (χ2n) is 9.77. The summed E-state index contributed by atoms with van der Waals surface area (Å²) < 4.78 is 26.8. The molecule has 1 amide bonds. The molecule has 0 bridgehead atoms. The van der Waals surface area contributed by atoms with Gasteiger partial charge in [0.15, 0.2) is 0 Å². The molecule has 2 N–H and O–H groups in total. The lowest BCUT2D eigenvalue weighted by atomic mass is 9.78. The number of carbonyl (C=O) groups is 2. The van der Waals surface area contributed by atoms with Crippen LogP contribution in [-0.2, 0) is 16.0 Å². The predicted octanol–water partition coefficient (Wildman–Crippen LogP) is 6.48. The van der Waals surface area contributed by atoms with E-state index in [9.17, 15) is 23.5 Å². The standard InChI is InChI=1S/C32H27F2NO4/c33-25-11-9-23(10-12-25)29(36)18-17-28-31(35(32(28)39)27-15-13-26(34)14-16-27)24-7-5-22(6-8-24)21-3-1-20(2-4-21)19-30(37)38/h1-16,28-29,31,36H,17-19H2,(H,37,38)/t28-,29+,31-/m1/s1. The van der Waals surface area contributed by atoms with E-state index in [1.807, 2.05) is 36.4 Å². The van der Waals surface area contributed by atoms with Crippen molar-refractivity contribution in [3.63, 3.8) is 0 Å². The number of aliphatic hydroxyl groups is 1. The van der Waals surface area contributed by atoms with Gasteiger partial charge in [-0.15, -0.1) is 0 Å². The summed E-state index contributed by atoms with van der Waals surface area (Å²) in [6.45, 7) is 0. The molecule has 1 heterocycles. The summed E-state index contributed by atoms with van der Waals surface area (Å²) in [6.07, 6.45) is -0.112. The highest BCUT2D eigenvalue weighted by Gasteiger charge is 2.48. The molecule has 5 rings (SSSR count). The number of anilines is 1. The molecular weight excluding hydrogens is 500 g/mol. The normalized spacial score (nSPS) is 17.5. The van der Waals surface area contributed by atoms with Gasteiger partial charge in [0.1, 0.15) is 11.6 Å². The highest BCUT2D eigenvalue weighted by atomic mass is 19.1. The van der Waals surface area contributed by atoms with Crippen molar-refractivity contribution in [2.24, 2.45) is 5.92 Å². The van der Waals surface area contributed by atoms with Gasteiger partial charge in [0, 0.05) is 5.69 Å². The monoisotopic (exact) mass is 527 g/mol. The third-order valence-corrected chi connectivity index (χ3v) is 7.22. The summed E-state index contributed by atoms with van der Waals surface area (Å²) in [5.74, 6) is -2.13. The molecule has 39 heavy (non-hydrogen) atoms. The summed E-state index contributed by atoms with van der Waals surface area (Å²) in [5.41, 5.74) is 4.70. The average Bonchev–Trinajstić information content (AvgIpc) is 2.93. The van der Waals surface area contributed by atoms with E-state index in [0.717, 1.165) is 22.3 Å². The van der Waals surface area contributed by atoms with Gasteiger partial charge in [-0.25, -0.2) is 8.78 Å². The Balaban J connectivity index is 1.37. The number of rotatable bonds is 9. The maximum Gasteiger partial charge on any atom is 0.307 e. The Labute approximate surface area is 225 Å². The maximum atomic E-state index is 13.6. The van der Waals surface area contributed by atoms with Gasteiger partial charge in [-0.2, -0.15) is 0 Å². The number of carbonyl (C=O) groups excluding carboxylic acids is 1. The second kappa shape index (κ2) is 11.2. The lowest BCUT2D eigenvalue weighted by Crippen LogP contribution is -2.55. The first-order chi connectivity index (χ1) is 18.8. The van der Waals surface area contributed by atoms with E-state index >= 15 is 0 Å². The Morgan fingerprint density at radius 3 is 1.90 bits per heavy atom. The molecule has 4 aromatic carbocycles. The van der Waals surface area contributed by atoms with E-state index < -0.39 is 12.1 Å². The summed E-state index contributed by atoms with van der Waals surface area (Å²) in [5, 5.41) is 19.6. The number of aliphatic hydroxyl groups excluding tert-OH is 1. The molecule has 198 valence electrons. The van der Waals surface area contributed by atoms with E-state index in [1.54, 1.807) is 29.2 Å². The van der Waals surface area contributed by atoms with Gasteiger partial charge >= 0.3 is 5.97 Å². The van der Waals surface area contributed by atoms with Crippen molar-refractivity contribution in [2.75, 3.05) is 4.90 Å². The topological polar surface area (TPSA) is 77.8 Å². The van der Waals surface area contributed by atoms with Gasteiger partial charge in [-0.3, -0.25) is 9.59 Å². The summed E-state index contributed by atoms with van der Waals surface area (Å²) in [4.78, 5) is 25.9. The molecule has 0 aliphatic carbocycles. The molecule has 0 unspecified atom stereocenters. The molecule has 7 heteroatoms. The lowest BCUT2D eigenvalue weighted by Gasteiger charge is -2.48. The zero-order valence-corrected chi connectivity index (χ0v) is 21.0. The van der Waals surface area contributed by atoms with Crippen LogP contribution in [0.4, 0.5) is 14.5 Å². The van der Waals surface area contributed by atoms with E-state index in [0.29, 0.717) is 24.1 Å². The maximum absolute atomic E-state index is 13.6. The number of carboxylic acid groups (broad SMARTS) is 1. The number of hydrogen-bond acceptors (Lipinski definition) is 3.